The van der Waals surface area contributed by atoms with Crippen molar-refractivity contribution in [3.05, 3.63) is 0 Å². The molecule has 1 aliphatic heterocycles. The fourth-order valence-corrected chi connectivity index (χ4v) is 2.34. The molecule has 15 heavy (non-hydrogen) atoms. The minimum absolute atomic E-state index is 0.513. The summed E-state index contributed by atoms with van der Waals surface area (Å²) in [4.78, 5) is 0. The van der Waals surface area contributed by atoms with Crippen LogP contribution < -0.4 is 5.32 Å². The van der Waals surface area contributed by atoms with Crippen LogP contribution in [0.1, 0.15) is 61.3 Å². The molecule has 1 saturated heterocycles. The number of hydrogen-bond acceptors (Lipinski definition) is 1. The van der Waals surface area contributed by atoms with Crippen molar-refractivity contribution in [2.24, 2.45) is 16.7 Å². The largest absolute Gasteiger partial charge is 0.316 e. The summed E-state index contributed by atoms with van der Waals surface area (Å²) in [5.74, 6) is 0.901. The van der Waals surface area contributed by atoms with E-state index in [4.69, 9.17) is 0 Å². The maximum absolute atomic E-state index is 3.37. The van der Waals surface area contributed by atoms with Gasteiger partial charge in [-0.25, -0.2) is 0 Å². The molecule has 0 unspecified atom stereocenters. The van der Waals surface area contributed by atoms with Crippen LogP contribution in [0.2, 0.25) is 0 Å². The van der Waals surface area contributed by atoms with E-state index in [0.29, 0.717) is 10.8 Å². The molecule has 1 heterocycles. The molecular weight excluding hydrogens is 182 g/mol. The van der Waals surface area contributed by atoms with Crippen molar-refractivity contribution in [1.82, 2.24) is 5.32 Å². The van der Waals surface area contributed by atoms with Gasteiger partial charge in [-0.2, -0.15) is 0 Å². The van der Waals surface area contributed by atoms with Gasteiger partial charge in [0.2, 0.25) is 0 Å². The third-order valence-corrected chi connectivity index (χ3v) is 3.78. The van der Waals surface area contributed by atoms with Gasteiger partial charge in [-0.3, -0.25) is 0 Å². The Balaban J connectivity index is 0.000000921. The molecule has 0 saturated carbocycles. The quantitative estimate of drug-likeness (QED) is 0.742. The van der Waals surface area contributed by atoms with E-state index in [9.17, 15) is 0 Å². The van der Waals surface area contributed by atoms with Crippen LogP contribution in [0, 0.1) is 16.7 Å². The number of hydrogen-bond donors (Lipinski definition) is 1. The third kappa shape index (κ3) is 4.55. The zero-order chi connectivity index (χ0) is 12.1. The molecule has 1 N–H and O–H groups in total. The molecule has 0 aromatic rings. The van der Waals surface area contributed by atoms with Gasteiger partial charge in [-0.15, -0.1) is 0 Å². The first-order chi connectivity index (χ1) is 6.87. The fourth-order valence-electron chi connectivity index (χ4n) is 2.34. The smallest absolute Gasteiger partial charge is 0.000312 e. The second kappa shape index (κ2) is 5.89. The minimum atomic E-state index is 0.513. The van der Waals surface area contributed by atoms with E-state index in [-0.39, 0.29) is 0 Å². The second-order valence-electron chi connectivity index (χ2n) is 6.04. The van der Waals surface area contributed by atoms with E-state index < -0.39 is 0 Å². The number of nitrogens with one attached hydrogen (secondary N) is 1. The summed E-state index contributed by atoms with van der Waals surface area (Å²) >= 11 is 0. The van der Waals surface area contributed by atoms with E-state index in [2.05, 4.69) is 39.9 Å². The summed E-state index contributed by atoms with van der Waals surface area (Å²) < 4.78 is 0. The molecule has 0 aromatic heterocycles. The first-order valence-corrected chi connectivity index (χ1v) is 6.58. The highest BCUT2D eigenvalue weighted by Crippen LogP contribution is 2.42. The van der Waals surface area contributed by atoms with Crippen LogP contribution in [0.15, 0.2) is 0 Å². The molecule has 0 amide bonds. The van der Waals surface area contributed by atoms with Gasteiger partial charge in [0.25, 0.3) is 0 Å². The normalized spacial score (nSPS) is 17.8. The minimum Gasteiger partial charge on any atom is -0.316 e. The Labute approximate surface area is 97.0 Å². The monoisotopic (exact) mass is 213 g/mol. The van der Waals surface area contributed by atoms with Gasteiger partial charge < -0.3 is 5.32 Å². The van der Waals surface area contributed by atoms with E-state index in [1.165, 1.54) is 25.9 Å². The van der Waals surface area contributed by atoms with Crippen LogP contribution in [0.4, 0.5) is 0 Å². The SMILES string of the molecule is CC.CCC(C)(C)CC(C)(C)C1CNC1. The second-order valence-corrected chi connectivity index (χ2v) is 6.04. The van der Waals surface area contributed by atoms with Crippen LogP contribution in [0.3, 0.4) is 0 Å². The predicted octanol–water partition coefficient (Wildman–Crippen LogP) is 4.08. The molecule has 92 valence electrons. The summed E-state index contributed by atoms with van der Waals surface area (Å²) in [5, 5.41) is 3.37. The lowest BCUT2D eigenvalue weighted by atomic mass is 9.66. The Morgan fingerprint density at radius 3 is 1.80 bits per heavy atom. The van der Waals surface area contributed by atoms with Crippen molar-refractivity contribution >= 4 is 0 Å². The average Bonchev–Trinajstić information content (AvgIpc) is 2.02. The van der Waals surface area contributed by atoms with Crippen molar-refractivity contribution in [3.63, 3.8) is 0 Å². The van der Waals surface area contributed by atoms with Crippen molar-refractivity contribution in [2.45, 2.75) is 61.3 Å². The molecule has 1 rings (SSSR count). The standard InChI is InChI=1S/C12H25N.C2H6/c1-6-11(2,3)9-12(4,5)10-7-13-8-10;1-2/h10,13H,6-9H2,1-5H3;1-2H3. The predicted molar refractivity (Wildman–Crippen MR) is 70.2 cm³/mol. The Morgan fingerprint density at radius 2 is 1.53 bits per heavy atom. The van der Waals surface area contributed by atoms with Crippen molar-refractivity contribution in [3.8, 4) is 0 Å². The van der Waals surface area contributed by atoms with Crippen LogP contribution in [0.5, 0.6) is 0 Å². The molecule has 1 heteroatoms. The molecule has 0 radical (unpaired) electrons. The zero-order valence-corrected chi connectivity index (χ0v) is 11.9. The van der Waals surface area contributed by atoms with Gasteiger partial charge in [-0.05, 0) is 36.3 Å². The average molecular weight is 213 g/mol. The summed E-state index contributed by atoms with van der Waals surface area (Å²) in [7, 11) is 0. The molecular formula is C14H31N. The zero-order valence-electron chi connectivity index (χ0n) is 11.9. The summed E-state index contributed by atoms with van der Waals surface area (Å²) in [6.07, 6.45) is 2.64. The van der Waals surface area contributed by atoms with Gasteiger partial charge in [0.15, 0.2) is 0 Å². The lowest BCUT2D eigenvalue weighted by Gasteiger charge is -2.45. The Kier molecular flexibility index (Phi) is 5.87. The molecule has 1 aliphatic rings. The lowest BCUT2D eigenvalue weighted by molar-refractivity contribution is 0.0810. The first-order valence-electron chi connectivity index (χ1n) is 6.58. The molecule has 0 aromatic carbocycles. The molecule has 1 nitrogen and oxygen atoms in total. The van der Waals surface area contributed by atoms with Gasteiger partial charge >= 0.3 is 0 Å². The molecule has 0 aliphatic carbocycles. The molecule has 0 atom stereocenters. The summed E-state index contributed by atoms with van der Waals surface area (Å²) in [6, 6.07) is 0. The van der Waals surface area contributed by atoms with Crippen LogP contribution in [-0.4, -0.2) is 13.1 Å². The summed E-state index contributed by atoms with van der Waals surface area (Å²) in [6.45, 7) is 18.4. The Bertz CT molecular complexity index is 166. The maximum atomic E-state index is 3.37. The van der Waals surface area contributed by atoms with E-state index in [0.717, 1.165) is 5.92 Å². The van der Waals surface area contributed by atoms with Crippen LogP contribution in [-0.2, 0) is 0 Å². The fraction of sp³-hybridized carbons (Fsp3) is 1.00. The highest BCUT2D eigenvalue weighted by Gasteiger charge is 2.37. The highest BCUT2D eigenvalue weighted by molar-refractivity contribution is 4.90. The molecule has 0 spiro atoms. The first kappa shape index (κ1) is 15.0. The molecule has 0 bridgehead atoms. The van der Waals surface area contributed by atoms with E-state index in [1.807, 2.05) is 13.8 Å². The maximum Gasteiger partial charge on any atom is -0.000312 e. The topological polar surface area (TPSA) is 12.0 Å². The van der Waals surface area contributed by atoms with Crippen molar-refractivity contribution < 1.29 is 0 Å². The van der Waals surface area contributed by atoms with Crippen LogP contribution in [0.25, 0.3) is 0 Å². The van der Waals surface area contributed by atoms with Crippen molar-refractivity contribution in [1.29, 1.82) is 0 Å². The van der Waals surface area contributed by atoms with Gasteiger partial charge in [0, 0.05) is 0 Å². The lowest BCUT2D eigenvalue weighted by Crippen LogP contribution is -2.50. The van der Waals surface area contributed by atoms with Gasteiger partial charge in [0.05, 0.1) is 0 Å². The van der Waals surface area contributed by atoms with Gasteiger partial charge in [-0.1, -0.05) is 54.9 Å². The van der Waals surface area contributed by atoms with Crippen LogP contribution >= 0.6 is 0 Å². The third-order valence-electron chi connectivity index (χ3n) is 3.78. The summed E-state index contributed by atoms with van der Waals surface area (Å²) in [5.41, 5.74) is 1.03. The Morgan fingerprint density at radius 1 is 1.07 bits per heavy atom. The molecule has 1 fully saturated rings. The van der Waals surface area contributed by atoms with E-state index in [1.54, 1.807) is 0 Å². The number of rotatable bonds is 4. The van der Waals surface area contributed by atoms with E-state index >= 15 is 0 Å². The van der Waals surface area contributed by atoms with Crippen molar-refractivity contribution in [2.75, 3.05) is 13.1 Å². The highest BCUT2D eigenvalue weighted by atomic mass is 15.0. The van der Waals surface area contributed by atoms with Gasteiger partial charge in [0.1, 0.15) is 0 Å². The Hall–Kier alpha value is -0.0400.